The molecule has 34 heavy (non-hydrogen) atoms. The van der Waals surface area contributed by atoms with E-state index in [2.05, 4.69) is 14.9 Å². The first-order valence-electron chi connectivity index (χ1n) is 11.6. The molecule has 0 spiro atoms. The van der Waals surface area contributed by atoms with Crippen LogP contribution in [-0.2, 0) is 21.2 Å². The van der Waals surface area contributed by atoms with Crippen molar-refractivity contribution in [1.29, 1.82) is 0 Å². The Bertz CT molecular complexity index is 1070. The van der Waals surface area contributed by atoms with Crippen LogP contribution in [0.1, 0.15) is 36.2 Å². The van der Waals surface area contributed by atoms with Crippen LogP contribution in [0.15, 0.2) is 53.4 Å². The Kier molecular flexibility index (Phi) is 8.82. The van der Waals surface area contributed by atoms with Crippen molar-refractivity contribution in [2.24, 2.45) is 5.92 Å². The predicted molar refractivity (Wildman–Crippen MR) is 133 cm³/mol. The summed E-state index contributed by atoms with van der Waals surface area (Å²) in [5.41, 5.74) is 2.13. The summed E-state index contributed by atoms with van der Waals surface area (Å²) in [5.74, 6) is 0.0884. The summed E-state index contributed by atoms with van der Waals surface area (Å²) in [6, 6.07) is 13.5. The van der Waals surface area contributed by atoms with Crippen molar-refractivity contribution < 1.29 is 18.0 Å². The van der Waals surface area contributed by atoms with Crippen LogP contribution in [0.2, 0.25) is 0 Å². The number of hydrogen-bond donors (Lipinski definition) is 2. The number of nitrogens with one attached hydrogen (secondary N) is 2. The number of likely N-dealkylation sites (N-methyl/N-ethyl adjacent to an activating group) is 1. The van der Waals surface area contributed by atoms with E-state index in [9.17, 15) is 18.0 Å². The number of anilines is 1. The molecule has 3 rings (SSSR count). The zero-order chi connectivity index (χ0) is 24.7. The number of carbonyl (C=O) groups is 2. The summed E-state index contributed by atoms with van der Waals surface area (Å²) in [6.07, 6.45) is 0.755. The molecule has 1 aliphatic rings. The Morgan fingerprint density at radius 1 is 0.941 bits per heavy atom. The molecule has 2 aromatic carbocycles. The van der Waals surface area contributed by atoms with Gasteiger partial charge in [-0.3, -0.25) is 9.59 Å². The van der Waals surface area contributed by atoms with Gasteiger partial charge >= 0.3 is 0 Å². The highest BCUT2D eigenvalue weighted by Gasteiger charge is 2.20. The lowest BCUT2D eigenvalue weighted by Gasteiger charge is -2.32. The van der Waals surface area contributed by atoms with Gasteiger partial charge in [0.05, 0.1) is 4.90 Å². The lowest BCUT2D eigenvalue weighted by Crippen LogP contribution is -2.47. The highest BCUT2D eigenvalue weighted by atomic mass is 32.2. The van der Waals surface area contributed by atoms with Gasteiger partial charge in [-0.05, 0) is 61.3 Å². The number of amides is 2. The van der Waals surface area contributed by atoms with Crippen molar-refractivity contribution in [3.63, 3.8) is 0 Å². The van der Waals surface area contributed by atoms with Crippen molar-refractivity contribution in [1.82, 2.24) is 14.5 Å². The summed E-state index contributed by atoms with van der Waals surface area (Å²) in [5, 5.41) is 2.85. The second kappa shape index (κ2) is 11.6. The Morgan fingerprint density at radius 2 is 1.56 bits per heavy atom. The molecule has 0 aliphatic carbocycles. The number of sulfonamides is 1. The van der Waals surface area contributed by atoms with Crippen molar-refractivity contribution in [3.8, 4) is 0 Å². The Balaban J connectivity index is 1.48. The van der Waals surface area contributed by atoms with Crippen molar-refractivity contribution in [2.75, 3.05) is 45.1 Å². The first-order valence-corrected chi connectivity index (χ1v) is 13.1. The third kappa shape index (κ3) is 7.38. The highest BCUT2D eigenvalue weighted by molar-refractivity contribution is 7.89. The molecule has 1 aliphatic heterocycles. The third-order valence-corrected chi connectivity index (χ3v) is 7.20. The zero-order valence-corrected chi connectivity index (χ0v) is 20.9. The van der Waals surface area contributed by atoms with Crippen molar-refractivity contribution in [3.05, 3.63) is 59.7 Å². The van der Waals surface area contributed by atoms with E-state index in [1.807, 2.05) is 25.8 Å². The lowest BCUT2D eigenvalue weighted by atomic mass is 10.1. The fourth-order valence-electron chi connectivity index (χ4n) is 3.56. The van der Waals surface area contributed by atoms with Crippen molar-refractivity contribution in [2.45, 2.75) is 31.6 Å². The maximum atomic E-state index is 12.6. The van der Waals surface area contributed by atoms with E-state index >= 15 is 0 Å². The molecule has 0 radical (unpaired) electrons. The van der Waals surface area contributed by atoms with Gasteiger partial charge in [0.2, 0.25) is 15.9 Å². The Labute approximate surface area is 202 Å². The number of carbonyl (C=O) groups excluding carboxylic acids is 2. The smallest absolute Gasteiger partial charge is 0.253 e. The quantitative estimate of drug-likeness (QED) is 0.568. The minimum Gasteiger partial charge on any atom is -0.336 e. The van der Waals surface area contributed by atoms with Gasteiger partial charge in [-0.25, -0.2) is 13.1 Å². The van der Waals surface area contributed by atoms with Crippen LogP contribution in [0.5, 0.6) is 0 Å². The summed E-state index contributed by atoms with van der Waals surface area (Å²) in [7, 11) is -1.48. The molecule has 0 unspecified atom stereocenters. The third-order valence-electron chi connectivity index (χ3n) is 5.76. The van der Waals surface area contributed by atoms with E-state index in [-0.39, 0.29) is 29.0 Å². The van der Waals surface area contributed by atoms with E-state index < -0.39 is 10.0 Å². The number of rotatable bonds is 9. The molecule has 9 heteroatoms. The van der Waals surface area contributed by atoms with Crippen LogP contribution >= 0.6 is 0 Å². The number of aryl methyl sites for hydroxylation is 1. The molecule has 0 aromatic heterocycles. The first kappa shape index (κ1) is 25.9. The van der Waals surface area contributed by atoms with Crippen molar-refractivity contribution >= 4 is 27.5 Å². The molecule has 2 amide bonds. The van der Waals surface area contributed by atoms with E-state index in [4.69, 9.17) is 0 Å². The van der Waals surface area contributed by atoms with Crippen LogP contribution in [0.3, 0.4) is 0 Å². The van der Waals surface area contributed by atoms with Gasteiger partial charge in [0.25, 0.3) is 5.91 Å². The number of hydrogen-bond acceptors (Lipinski definition) is 5. The van der Waals surface area contributed by atoms with Crippen LogP contribution in [0, 0.1) is 5.92 Å². The summed E-state index contributed by atoms with van der Waals surface area (Å²) < 4.78 is 27.2. The average molecular weight is 487 g/mol. The van der Waals surface area contributed by atoms with Gasteiger partial charge in [-0.2, -0.15) is 0 Å². The number of nitrogens with zero attached hydrogens (tertiary/aromatic N) is 2. The van der Waals surface area contributed by atoms with Gasteiger partial charge in [-0.15, -0.1) is 0 Å². The standard InChI is InChI=1S/C25H34N4O4S/c1-19(2)18-26-34(32,33)23-11-4-20(5-12-23)6-13-24(30)27-22-9-7-21(8-10-22)25(31)29-16-14-28(3)15-17-29/h4-5,7-12,19,26H,6,13-18H2,1-3H3,(H,27,30). The normalized spacial score (nSPS) is 14.9. The molecule has 184 valence electrons. The second-order valence-electron chi connectivity index (χ2n) is 9.11. The fourth-order valence-corrected chi connectivity index (χ4v) is 4.78. The number of benzene rings is 2. The summed E-state index contributed by atoms with van der Waals surface area (Å²) in [4.78, 5) is 29.3. The van der Waals surface area contributed by atoms with Gasteiger partial charge in [-0.1, -0.05) is 26.0 Å². The maximum Gasteiger partial charge on any atom is 0.253 e. The van der Waals surface area contributed by atoms with Gasteiger partial charge in [0, 0.05) is 50.4 Å². The van der Waals surface area contributed by atoms with Gasteiger partial charge in [0.15, 0.2) is 0 Å². The van der Waals surface area contributed by atoms with E-state index in [0.717, 1.165) is 31.7 Å². The van der Waals surface area contributed by atoms with Crippen LogP contribution < -0.4 is 10.0 Å². The minimum absolute atomic E-state index is 0.0100. The SMILES string of the molecule is CC(C)CNS(=O)(=O)c1ccc(CCC(=O)Nc2ccc(C(=O)N3CCN(C)CC3)cc2)cc1. The molecule has 2 N–H and O–H groups in total. The first-order chi connectivity index (χ1) is 16.1. The van der Waals surface area contributed by atoms with E-state index in [1.54, 1.807) is 48.5 Å². The molecule has 8 nitrogen and oxygen atoms in total. The van der Waals surface area contributed by atoms with E-state index in [1.165, 1.54) is 0 Å². The van der Waals surface area contributed by atoms with Crippen LogP contribution in [0.4, 0.5) is 5.69 Å². The predicted octanol–water partition coefficient (Wildman–Crippen LogP) is 2.58. The van der Waals surface area contributed by atoms with Gasteiger partial charge < -0.3 is 15.1 Å². The maximum absolute atomic E-state index is 12.6. The molecule has 1 heterocycles. The monoisotopic (exact) mass is 486 g/mol. The Morgan fingerprint density at radius 3 is 2.15 bits per heavy atom. The Hall–Kier alpha value is -2.75. The van der Waals surface area contributed by atoms with Crippen LogP contribution in [0.25, 0.3) is 0 Å². The molecule has 2 aromatic rings. The van der Waals surface area contributed by atoms with Gasteiger partial charge in [0.1, 0.15) is 0 Å². The average Bonchev–Trinajstić information content (AvgIpc) is 2.82. The molecule has 0 saturated carbocycles. The second-order valence-corrected chi connectivity index (χ2v) is 10.9. The van der Waals surface area contributed by atoms with E-state index in [0.29, 0.717) is 24.2 Å². The molecular weight excluding hydrogens is 452 g/mol. The lowest BCUT2D eigenvalue weighted by molar-refractivity contribution is -0.116. The summed E-state index contributed by atoms with van der Waals surface area (Å²) >= 11 is 0. The molecule has 1 saturated heterocycles. The molecule has 0 atom stereocenters. The molecular formula is C25H34N4O4S. The topological polar surface area (TPSA) is 98.8 Å². The molecule has 0 bridgehead atoms. The fraction of sp³-hybridized carbons (Fsp3) is 0.440. The summed E-state index contributed by atoms with van der Waals surface area (Å²) in [6.45, 7) is 7.44. The largest absolute Gasteiger partial charge is 0.336 e. The number of piperazine rings is 1. The van der Waals surface area contributed by atoms with Crippen LogP contribution in [-0.4, -0.2) is 69.8 Å². The highest BCUT2D eigenvalue weighted by Crippen LogP contribution is 2.15. The zero-order valence-electron chi connectivity index (χ0n) is 20.1. The molecule has 1 fully saturated rings. The minimum atomic E-state index is -3.52.